The molecule has 0 saturated heterocycles. The molecule has 0 bridgehead atoms. The number of rotatable bonds is 8. The van der Waals surface area contributed by atoms with Crippen LogP contribution in [0.25, 0.3) is 5.69 Å². The number of carbonyl (C=O) groups is 1. The number of nitrogens with one attached hydrogen (secondary N) is 3. The van der Waals surface area contributed by atoms with Gasteiger partial charge in [0.2, 0.25) is 0 Å². The standard InChI is InChI=1S/C23H28N6O.HI/c1-3-25-23(27-17-19-5-9-20(10-6-19)22(30)24-2)26-15-13-18-7-11-21(12-8-18)29-16-4-14-28-29;/h4-12,14,16H,3,13,15,17H2,1-2H3,(H,24,30)(H2,25,26,27);1H. The molecule has 0 saturated carbocycles. The predicted molar refractivity (Wildman–Crippen MR) is 135 cm³/mol. The van der Waals surface area contributed by atoms with Gasteiger partial charge in [-0.2, -0.15) is 5.10 Å². The number of benzene rings is 2. The maximum absolute atomic E-state index is 11.6. The van der Waals surface area contributed by atoms with Crippen LogP contribution < -0.4 is 16.0 Å². The highest BCUT2D eigenvalue weighted by molar-refractivity contribution is 14.0. The van der Waals surface area contributed by atoms with E-state index in [0.717, 1.165) is 36.7 Å². The van der Waals surface area contributed by atoms with Crippen molar-refractivity contribution in [3.05, 3.63) is 83.7 Å². The summed E-state index contributed by atoms with van der Waals surface area (Å²) in [5.74, 6) is 0.693. The molecule has 7 nitrogen and oxygen atoms in total. The van der Waals surface area contributed by atoms with E-state index in [1.165, 1.54) is 5.56 Å². The Kier molecular flexibility index (Phi) is 10.0. The molecule has 31 heavy (non-hydrogen) atoms. The highest BCUT2D eigenvalue weighted by atomic mass is 127. The van der Waals surface area contributed by atoms with Gasteiger partial charge in [0, 0.05) is 38.1 Å². The van der Waals surface area contributed by atoms with Crippen LogP contribution in [0.1, 0.15) is 28.4 Å². The summed E-state index contributed by atoms with van der Waals surface area (Å²) in [5.41, 5.74) is 4.00. The first-order chi connectivity index (χ1) is 14.7. The van der Waals surface area contributed by atoms with Crippen LogP contribution in [0.3, 0.4) is 0 Å². The van der Waals surface area contributed by atoms with Crippen molar-refractivity contribution < 1.29 is 4.79 Å². The van der Waals surface area contributed by atoms with E-state index in [0.29, 0.717) is 12.1 Å². The second-order valence-corrected chi connectivity index (χ2v) is 6.77. The van der Waals surface area contributed by atoms with Crippen LogP contribution in [0, 0.1) is 0 Å². The topological polar surface area (TPSA) is 83.3 Å². The molecule has 0 fully saturated rings. The van der Waals surface area contributed by atoms with E-state index < -0.39 is 0 Å². The average Bonchev–Trinajstić information content (AvgIpc) is 3.33. The zero-order valence-corrected chi connectivity index (χ0v) is 20.2. The fourth-order valence-electron chi connectivity index (χ4n) is 2.98. The largest absolute Gasteiger partial charge is 0.357 e. The Morgan fingerprint density at radius 1 is 1.03 bits per heavy atom. The van der Waals surface area contributed by atoms with Gasteiger partial charge in [-0.3, -0.25) is 4.79 Å². The molecule has 3 N–H and O–H groups in total. The van der Waals surface area contributed by atoms with Crippen molar-refractivity contribution in [2.45, 2.75) is 19.9 Å². The summed E-state index contributed by atoms with van der Waals surface area (Å²) in [6.07, 6.45) is 4.60. The molecule has 0 aliphatic carbocycles. The number of halogens is 1. The highest BCUT2D eigenvalue weighted by Crippen LogP contribution is 2.09. The Bertz CT molecular complexity index is 953. The summed E-state index contributed by atoms with van der Waals surface area (Å²) < 4.78 is 1.85. The van der Waals surface area contributed by atoms with Gasteiger partial charge in [0.25, 0.3) is 5.91 Å². The maximum Gasteiger partial charge on any atom is 0.251 e. The number of hydrogen-bond acceptors (Lipinski definition) is 3. The predicted octanol–water partition coefficient (Wildman–Crippen LogP) is 3.15. The highest BCUT2D eigenvalue weighted by Gasteiger charge is 2.03. The summed E-state index contributed by atoms with van der Waals surface area (Å²) in [7, 11) is 1.63. The minimum atomic E-state index is -0.0855. The number of hydrogen-bond donors (Lipinski definition) is 3. The van der Waals surface area contributed by atoms with Crippen LogP contribution >= 0.6 is 24.0 Å². The van der Waals surface area contributed by atoms with E-state index >= 15 is 0 Å². The summed E-state index contributed by atoms with van der Waals surface area (Å²) in [6, 6.07) is 17.8. The summed E-state index contributed by atoms with van der Waals surface area (Å²) in [5, 5.41) is 13.5. The third-order valence-corrected chi connectivity index (χ3v) is 4.62. The van der Waals surface area contributed by atoms with Crippen LogP contribution in [0.2, 0.25) is 0 Å². The Labute approximate surface area is 200 Å². The normalized spacial score (nSPS) is 10.8. The molecule has 0 aliphatic rings. The van der Waals surface area contributed by atoms with Gasteiger partial charge in [0.15, 0.2) is 5.96 Å². The van der Waals surface area contributed by atoms with E-state index in [2.05, 4.69) is 50.3 Å². The lowest BCUT2D eigenvalue weighted by molar-refractivity contribution is 0.0963. The Hall–Kier alpha value is -2.88. The van der Waals surface area contributed by atoms with Crippen molar-refractivity contribution in [3.8, 4) is 5.69 Å². The SMILES string of the molecule is CCNC(=NCc1ccc(C(=O)NC)cc1)NCCc1ccc(-n2cccn2)cc1.I. The number of amides is 1. The first-order valence-corrected chi connectivity index (χ1v) is 10.1. The zero-order chi connectivity index (χ0) is 21.2. The first kappa shape index (κ1) is 24.4. The third kappa shape index (κ3) is 7.39. The molecule has 0 atom stereocenters. The van der Waals surface area contributed by atoms with E-state index in [-0.39, 0.29) is 29.9 Å². The smallest absolute Gasteiger partial charge is 0.251 e. The molecule has 1 amide bonds. The molecular formula is C23H29IN6O. The quantitative estimate of drug-likeness (QED) is 0.237. The van der Waals surface area contributed by atoms with Crippen molar-refractivity contribution in [1.82, 2.24) is 25.7 Å². The minimum Gasteiger partial charge on any atom is -0.357 e. The molecule has 0 unspecified atom stereocenters. The Balaban J connectivity index is 0.00000341. The van der Waals surface area contributed by atoms with Crippen molar-refractivity contribution in [3.63, 3.8) is 0 Å². The van der Waals surface area contributed by atoms with Crippen LogP contribution in [0.5, 0.6) is 0 Å². The monoisotopic (exact) mass is 532 g/mol. The Morgan fingerprint density at radius 2 is 1.74 bits per heavy atom. The summed E-state index contributed by atoms with van der Waals surface area (Å²) >= 11 is 0. The molecule has 2 aromatic carbocycles. The van der Waals surface area contributed by atoms with Crippen LogP contribution in [0.4, 0.5) is 0 Å². The molecular weight excluding hydrogens is 503 g/mol. The lowest BCUT2D eigenvalue weighted by Crippen LogP contribution is -2.38. The van der Waals surface area contributed by atoms with Crippen LogP contribution in [-0.4, -0.2) is 41.8 Å². The second-order valence-electron chi connectivity index (χ2n) is 6.77. The zero-order valence-electron chi connectivity index (χ0n) is 17.8. The van der Waals surface area contributed by atoms with E-state index in [1.807, 2.05) is 48.1 Å². The molecule has 3 rings (SSSR count). The fourth-order valence-corrected chi connectivity index (χ4v) is 2.98. The lowest BCUT2D eigenvalue weighted by atomic mass is 10.1. The first-order valence-electron chi connectivity index (χ1n) is 10.1. The van der Waals surface area contributed by atoms with Gasteiger partial charge >= 0.3 is 0 Å². The van der Waals surface area contributed by atoms with Gasteiger partial charge in [0.05, 0.1) is 12.2 Å². The van der Waals surface area contributed by atoms with Gasteiger partial charge in [-0.1, -0.05) is 24.3 Å². The molecule has 0 aliphatic heterocycles. The van der Waals surface area contributed by atoms with Gasteiger partial charge in [-0.05, 0) is 54.8 Å². The number of guanidine groups is 1. The third-order valence-electron chi connectivity index (χ3n) is 4.62. The van der Waals surface area contributed by atoms with Crippen molar-refractivity contribution >= 4 is 35.8 Å². The van der Waals surface area contributed by atoms with Crippen LogP contribution in [-0.2, 0) is 13.0 Å². The number of carbonyl (C=O) groups excluding carboxylic acids is 1. The van der Waals surface area contributed by atoms with Gasteiger partial charge in [-0.15, -0.1) is 24.0 Å². The molecule has 1 aromatic heterocycles. The van der Waals surface area contributed by atoms with Gasteiger partial charge in [-0.25, -0.2) is 9.67 Å². The number of nitrogens with zero attached hydrogens (tertiary/aromatic N) is 3. The molecule has 1 heterocycles. The van der Waals surface area contributed by atoms with E-state index in [1.54, 1.807) is 13.2 Å². The second kappa shape index (κ2) is 12.7. The van der Waals surface area contributed by atoms with E-state index in [4.69, 9.17) is 0 Å². The van der Waals surface area contributed by atoms with Crippen LogP contribution in [0.15, 0.2) is 72.0 Å². The molecule has 3 aromatic rings. The summed E-state index contributed by atoms with van der Waals surface area (Å²) in [6.45, 7) is 4.16. The summed E-state index contributed by atoms with van der Waals surface area (Å²) in [4.78, 5) is 16.3. The Morgan fingerprint density at radius 3 is 2.35 bits per heavy atom. The minimum absolute atomic E-state index is 0. The van der Waals surface area contributed by atoms with E-state index in [9.17, 15) is 4.79 Å². The average molecular weight is 532 g/mol. The van der Waals surface area contributed by atoms with Crippen molar-refractivity contribution in [2.75, 3.05) is 20.1 Å². The lowest BCUT2D eigenvalue weighted by Gasteiger charge is -2.12. The van der Waals surface area contributed by atoms with Crippen molar-refractivity contribution in [2.24, 2.45) is 4.99 Å². The van der Waals surface area contributed by atoms with Gasteiger partial charge < -0.3 is 16.0 Å². The molecule has 8 heteroatoms. The van der Waals surface area contributed by atoms with Crippen molar-refractivity contribution in [1.29, 1.82) is 0 Å². The number of aromatic nitrogens is 2. The van der Waals surface area contributed by atoms with Gasteiger partial charge in [0.1, 0.15) is 0 Å². The molecule has 0 radical (unpaired) electrons. The fraction of sp³-hybridized carbons (Fsp3) is 0.261. The molecule has 164 valence electrons. The molecule has 0 spiro atoms. The maximum atomic E-state index is 11.6. The number of aliphatic imine (C=N–C) groups is 1.